The number of hydrogen-bond donors (Lipinski definition) is 0. The fraction of sp³-hybridized carbons (Fsp3) is 0.200. The number of nitrogens with zero attached hydrogens (tertiary/aromatic N) is 3. The molecule has 0 saturated carbocycles. The van der Waals surface area contributed by atoms with Crippen LogP contribution in [0.1, 0.15) is 33.8 Å². The molecule has 0 aliphatic carbocycles. The Kier molecular flexibility index (Phi) is 4.95. The van der Waals surface area contributed by atoms with Gasteiger partial charge in [-0.05, 0) is 52.0 Å². The molecule has 0 amide bonds. The molecule has 26 heavy (non-hydrogen) atoms. The lowest BCUT2D eigenvalue weighted by molar-refractivity contribution is 0.542. The topological polar surface area (TPSA) is 54.2 Å². The van der Waals surface area contributed by atoms with E-state index >= 15 is 0 Å². The predicted molar refractivity (Wildman–Crippen MR) is 105 cm³/mol. The average Bonchev–Trinajstić information content (AvgIpc) is 3.03. The first kappa shape index (κ1) is 18.3. The fourth-order valence-electron chi connectivity index (χ4n) is 2.91. The highest BCUT2D eigenvalue weighted by molar-refractivity contribution is 6.34. The van der Waals surface area contributed by atoms with E-state index in [2.05, 4.69) is 11.1 Å². The minimum absolute atomic E-state index is 0.327. The van der Waals surface area contributed by atoms with Crippen molar-refractivity contribution < 1.29 is 4.42 Å². The molecule has 0 N–H and O–H groups in total. The van der Waals surface area contributed by atoms with Crippen molar-refractivity contribution in [2.45, 2.75) is 27.7 Å². The second kappa shape index (κ2) is 7.03. The van der Waals surface area contributed by atoms with Crippen LogP contribution in [-0.2, 0) is 0 Å². The number of hydrogen-bond acceptors (Lipinski definition) is 3. The molecule has 3 aromatic rings. The Hall–Kier alpha value is -2.48. The summed E-state index contributed by atoms with van der Waals surface area (Å²) in [5.41, 5.74) is 4.97. The largest absolute Gasteiger partial charge is 0.442 e. The van der Waals surface area contributed by atoms with E-state index in [1.54, 1.807) is 18.3 Å². The zero-order valence-corrected chi connectivity index (χ0v) is 16.4. The van der Waals surface area contributed by atoms with E-state index in [9.17, 15) is 5.26 Å². The molecule has 0 aliphatic heterocycles. The number of nitriles is 1. The Labute approximate surface area is 162 Å². The Morgan fingerprint density at radius 1 is 1.15 bits per heavy atom. The third-order valence-electron chi connectivity index (χ3n) is 4.42. The van der Waals surface area contributed by atoms with E-state index in [0.29, 0.717) is 27.3 Å². The molecule has 2 aromatic heterocycles. The van der Waals surface area contributed by atoms with Crippen molar-refractivity contribution in [2.24, 2.45) is 4.99 Å². The molecule has 0 bridgehead atoms. The van der Waals surface area contributed by atoms with E-state index < -0.39 is 0 Å². The predicted octanol–water partition coefficient (Wildman–Crippen LogP) is 6.23. The van der Waals surface area contributed by atoms with Gasteiger partial charge in [-0.2, -0.15) is 5.26 Å². The maximum absolute atomic E-state index is 9.30. The van der Waals surface area contributed by atoms with Crippen LogP contribution >= 0.6 is 23.2 Å². The third-order valence-corrected chi connectivity index (χ3v) is 4.97. The first-order chi connectivity index (χ1) is 12.3. The number of aryl methyl sites for hydroxylation is 2. The number of aliphatic imine (C=N–C) groups is 1. The van der Waals surface area contributed by atoms with Crippen molar-refractivity contribution in [3.8, 4) is 11.8 Å². The molecule has 4 nitrogen and oxygen atoms in total. The van der Waals surface area contributed by atoms with Crippen LogP contribution in [0, 0.1) is 39.0 Å². The summed E-state index contributed by atoms with van der Waals surface area (Å²) in [6, 6.07) is 9.52. The standard InChI is InChI=1S/C20H17Cl2N3O/c1-11-7-15(10-24-20-17(9-23)12(2)14(4)26-20)13(3)25(11)19-8-16(21)5-6-18(19)22/h5-8,10H,1-4H3. The molecular formula is C20H17Cl2N3O. The van der Waals surface area contributed by atoms with Gasteiger partial charge < -0.3 is 8.98 Å². The summed E-state index contributed by atoms with van der Waals surface area (Å²) in [5.74, 6) is 1.03. The van der Waals surface area contributed by atoms with Gasteiger partial charge in [-0.25, -0.2) is 4.99 Å². The molecule has 2 heterocycles. The van der Waals surface area contributed by atoms with Crippen molar-refractivity contribution in [1.29, 1.82) is 5.26 Å². The Morgan fingerprint density at radius 2 is 1.88 bits per heavy atom. The zero-order valence-electron chi connectivity index (χ0n) is 14.9. The monoisotopic (exact) mass is 385 g/mol. The molecule has 3 rings (SSSR count). The summed E-state index contributed by atoms with van der Waals surface area (Å²) in [5, 5.41) is 10.5. The second-order valence-electron chi connectivity index (χ2n) is 6.09. The van der Waals surface area contributed by atoms with E-state index in [1.807, 2.05) is 44.4 Å². The van der Waals surface area contributed by atoms with Crippen molar-refractivity contribution in [3.63, 3.8) is 0 Å². The van der Waals surface area contributed by atoms with Crippen LogP contribution in [0.4, 0.5) is 5.88 Å². The van der Waals surface area contributed by atoms with E-state index in [4.69, 9.17) is 27.6 Å². The van der Waals surface area contributed by atoms with Crippen molar-refractivity contribution in [2.75, 3.05) is 0 Å². The highest BCUT2D eigenvalue weighted by Crippen LogP contribution is 2.30. The van der Waals surface area contributed by atoms with Gasteiger partial charge in [0.15, 0.2) is 0 Å². The number of furan rings is 1. The van der Waals surface area contributed by atoms with E-state index in [-0.39, 0.29) is 0 Å². The van der Waals surface area contributed by atoms with Gasteiger partial charge in [-0.3, -0.25) is 0 Å². The Balaban J connectivity index is 2.06. The first-order valence-electron chi connectivity index (χ1n) is 8.02. The number of rotatable bonds is 3. The number of aromatic nitrogens is 1. The van der Waals surface area contributed by atoms with Gasteiger partial charge in [0.05, 0.1) is 10.7 Å². The summed E-state index contributed by atoms with van der Waals surface area (Å²) in [6.07, 6.45) is 1.70. The minimum Gasteiger partial charge on any atom is -0.442 e. The van der Waals surface area contributed by atoms with Crippen LogP contribution < -0.4 is 0 Å². The molecule has 0 atom stereocenters. The summed E-state index contributed by atoms with van der Waals surface area (Å²) >= 11 is 12.5. The smallest absolute Gasteiger partial charge is 0.237 e. The molecular weight excluding hydrogens is 369 g/mol. The maximum Gasteiger partial charge on any atom is 0.237 e. The van der Waals surface area contributed by atoms with Crippen LogP contribution in [-0.4, -0.2) is 10.8 Å². The summed E-state index contributed by atoms with van der Waals surface area (Å²) in [6.45, 7) is 7.64. The lowest BCUT2D eigenvalue weighted by Gasteiger charge is -2.12. The lowest BCUT2D eigenvalue weighted by Crippen LogP contribution is -2.00. The average molecular weight is 386 g/mol. The highest BCUT2D eigenvalue weighted by Gasteiger charge is 2.15. The summed E-state index contributed by atoms with van der Waals surface area (Å²) in [7, 11) is 0. The van der Waals surface area contributed by atoms with Gasteiger partial charge >= 0.3 is 0 Å². The van der Waals surface area contributed by atoms with Crippen LogP contribution in [0.25, 0.3) is 5.69 Å². The van der Waals surface area contributed by atoms with Crippen molar-refractivity contribution >= 4 is 35.3 Å². The highest BCUT2D eigenvalue weighted by atomic mass is 35.5. The molecule has 6 heteroatoms. The normalized spacial score (nSPS) is 11.3. The molecule has 0 unspecified atom stereocenters. The van der Waals surface area contributed by atoms with E-state index in [0.717, 1.165) is 28.2 Å². The summed E-state index contributed by atoms with van der Waals surface area (Å²) < 4.78 is 7.62. The number of halogens is 2. The molecule has 0 radical (unpaired) electrons. The Bertz CT molecular complexity index is 1070. The van der Waals surface area contributed by atoms with Crippen molar-refractivity contribution in [3.05, 3.63) is 68.1 Å². The van der Waals surface area contributed by atoms with Gasteiger partial charge in [0, 0.05) is 33.8 Å². The summed E-state index contributed by atoms with van der Waals surface area (Å²) in [4.78, 5) is 4.39. The lowest BCUT2D eigenvalue weighted by atomic mass is 10.2. The minimum atomic E-state index is 0.327. The fourth-order valence-corrected chi connectivity index (χ4v) is 3.27. The van der Waals surface area contributed by atoms with Gasteiger partial charge in [0.25, 0.3) is 0 Å². The maximum atomic E-state index is 9.30. The quantitative estimate of drug-likeness (QED) is 0.501. The van der Waals surface area contributed by atoms with Gasteiger partial charge in [-0.15, -0.1) is 0 Å². The molecule has 0 saturated heterocycles. The second-order valence-corrected chi connectivity index (χ2v) is 6.93. The number of benzene rings is 1. The molecule has 0 spiro atoms. The third kappa shape index (κ3) is 3.16. The van der Waals surface area contributed by atoms with Crippen LogP contribution in [0.15, 0.2) is 33.7 Å². The van der Waals surface area contributed by atoms with Crippen LogP contribution in [0.3, 0.4) is 0 Å². The zero-order chi connectivity index (χ0) is 19.0. The Morgan fingerprint density at radius 3 is 2.58 bits per heavy atom. The van der Waals surface area contributed by atoms with E-state index in [1.165, 1.54) is 0 Å². The molecule has 0 aliphatic rings. The van der Waals surface area contributed by atoms with Gasteiger partial charge in [-0.1, -0.05) is 23.2 Å². The first-order valence-corrected chi connectivity index (χ1v) is 8.77. The van der Waals surface area contributed by atoms with Crippen LogP contribution in [0.5, 0.6) is 0 Å². The molecule has 1 aromatic carbocycles. The molecule has 0 fully saturated rings. The van der Waals surface area contributed by atoms with Gasteiger partial charge in [0.1, 0.15) is 17.4 Å². The van der Waals surface area contributed by atoms with Crippen molar-refractivity contribution in [1.82, 2.24) is 4.57 Å². The SMILES string of the molecule is Cc1oc(N=Cc2cc(C)n(-c3cc(Cl)ccc3Cl)c2C)c(C#N)c1C. The van der Waals surface area contributed by atoms with Crippen LogP contribution in [0.2, 0.25) is 10.0 Å². The van der Waals surface area contributed by atoms with Gasteiger partial charge in [0.2, 0.25) is 5.88 Å². The molecule has 132 valence electrons.